The summed E-state index contributed by atoms with van der Waals surface area (Å²) in [5.74, 6) is 0.409. The molecule has 0 aromatic rings. The van der Waals surface area contributed by atoms with Gasteiger partial charge in [0.2, 0.25) is 0 Å². The van der Waals surface area contributed by atoms with Gasteiger partial charge in [0.25, 0.3) is 0 Å². The van der Waals surface area contributed by atoms with Crippen LogP contribution >= 0.6 is 0 Å². The van der Waals surface area contributed by atoms with Crippen molar-refractivity contribution in [3.8, 4) is 0 Å². The highest BCUT2D eigenvalue weighted by atomic mass is 32.2. The summed E-state index contributed by atoms with van der Waals surface area (Å²) < 4.78 is 22.6. The van der Waals surface area contributed by atoms with Gasteiger partial charge in [-0.2, -0.15) is 0 Å². The largest absolute Gasteiger partial charge is 0.390 e. The Balaban J connectivity index is 2.35. The molecule has 0 bridgehead atoms. The molecule has 1 aliphatic heterocycles. The Hall–Kier alpha value is -0.130. The number of rotatable bonds is 5. The number of hydrogen-bond acceptors (Lipinski definition) is 4. The molecule has 5 heteroatoms. The van der Waals surface area contributed by atoms with Gasteiger partial charge in [0.15, 0.2) is 0 Å². The van der Waals surface area contributed by atoms with Gasteiger partial charge < -0.3 is 10.4 Å². The first kappa shape index (κ1) is 13.9. The molecule has 0 amide bonds. The predicted octanol–water partition coefficient (Wildman–Crippen LogP) is 0.706. The number of hydrogen-bond donors (Lipinski definition) is 2. The molecule has 2 N–H and O–H groups in total. The molecule has 0 saturated carbocycles. The molecule has 1 rings (SSSR count). The zero-order valence-electron chi connectivity index (χ0n) is 10.0. The first-order valence-corrected chi connectivity index (χ1v) is 7.93. The van der Waals surface area contributed by atoms with Gasteiger partial charge in [-0.3, -0.25) is 0 Å². The standard InChI is InChI=1S/C11H23NO3S/c1-2-16(14,15)10-4-6-11(13)5-3-8-12-9-7-11/h12-13H,2-10H2,1H3. The van der Waals surface area contributed by atoms with E-state index in [2.05, 4.69) is 5.32 Å². The van der Waals surface area contributed by atoms with Crippen LogP contribution in [0.4, 0.5) is 0 Å². The Morgan fingerprint density at radius 1 is 1.31 bits per heavy atom. The molecule has 96 valence electrons. The first-order chi connectivity index (χ1) is 7.47. The molecular formula is C11H23NO3S. The number of sulfone groups is 1. The van der Waals surface area contributed by atoms with Crippen LogP contribution < -0.4 is 5.32 Å². The molecule has 0 spiro atoms. The van der Waals surface area contributed by atoms with E-state index in [1.165, 1.54) is 0 Å². The summed E-state index contributed by atoms with van der Waals surface area (Å²) in [5, 5.41) is 13.5. The van der Waals surface area contributed by atoms with E-state index in [4.69, 9.17) is 0 Å². The van der Waals surface area contributed by atoms with Crippen molar-refractivity contribution in [3.63, 3.8) is 0 Å². The third kappa shape index (κ3) is 4.80. The Bertz CT molecular complexity index is 292. The molecule has 0 aliphatic carbocycles. The third-order valence-corrected chi connectivity index (χ3v) is 5.09. The Morgan fingerprint density at radius 2 is 2.06 bits per heavy atom. The maximum atomic E-state index is 11.3. The van der Waals surface area contributed by atoms with E-state index < -0.39 is 15.4 Å². The molecule has 1 aliphatic rings. The zero-order valence-corrected chi connectivity index (χ0v) is 10.9. The van der Waals surface area contributed by atoms with Gasteiger partial charge in [-0.1, -0.05) is 6.92 Å². The third-order valence-electron chi connectivity index (χ3n) is 3.30. The lowest BCUT2D eigenvalue weighted by Gasteiger charge is -2.26. The quantitative estimate of drug-likeness (QED) is 0.753. The lowest BCUT2D eigenvalue weighted by Crippen LogP contribution is -2.30. The normalized spacial score (nSPS) is 27.6. The average Bonchev–Trinajstić information content (AvgIpc) is 2.43. The van der Waals surface area contributed by atoms with Gasteiger partial charge in [-0.25, -0.2) is 8.42 Å². The molecule has 1 saturated heterocycles. The smallest absolute Gasteiger partial charge is 0.150 e. The molecule has 4 nitrogen and oxygen atoms in total. The summed E-state index contributed by atoms with van der Waals surface area (Å²) in [6.45, 7) is 3.45. The van der Waals surface area contributed by atoms with E-state index in [0.717, 1.165) is 32.4 Å². The summed E-state index contributed by atoms with van der Waals surface area (Å²) in [7, 11) is -2.88. The van der Waals surface area contributed by atoms with E-state index in [1.54, 1.807) is 6.92 Å². The summed E-state index contributed by atoms with van der Waals surface area (Å²) in [5.41, 5.74) is -0.646. The number of nitrogens with one attached hydrogen (secondary N) is 1. The Kier molecular flexibility index (Phi) is 5.21. The minimum absolute atomic E-state index is 0.201. The molecule has 0 radical (unpaired) electrons. The van der Waals surface area contributed by atoms with E-state index in [1.807, 2.05) is 0 Å². The molecule has 1 unspecified atom stereocenters. The second kappa shape index (κ2) is 5.98. The Morgan fingerprint density at radius 3 is 2.75 bits per heavy atom. The van der Waals surface area contributed by atoms with Gasteiger partial charge in [0.1, 0.15) is 9.84 Å². The zero-order chi connectivity index (χ0) is 12.1. The van der Waals surface area contributed by atoms with E-state index in [-0.39, 0.29) is 11.5 Å². The topological polar surface area (TPSA) is 66.4 Å². The van der Waals surface area contributed by atoms with Crippen molar-refractivity contribution in [1.29, 1.82) is 0 Å². The summed E-state index contributed by atoms with van der Waals surface area (Å²) in [6.07, 6.45) is 3.67. The van der Waals surface area contributed by atoms with Crippen molar-refractivity contribution in [2.24, 2.45) is 0 Å². The van der Waals surface area contributed by atoms with Crippen LogP contribution in [-0.4, -0.2) is 43.7 Å². The summed E-state index contributed by atoms with van der Waals surface area (Å²) in [4.78, 5) is 0. The molecule has 0 aromatic carbocycles. The van der Waals surface area contributed by atoms with Gasteiger partial charge in [-0.05, 0) is 45.2 Å². The van der Waals surface area contributed by atoms with Crippen LogP contribution in [0, 0.1) is 0 Å². The van der Waals surface area contributed by atoms with E-state index >= 15 is 0 Å². The van der Waals surface area contributed by atoms with E-state index in [0.29, 0.717) is 12.8 Å². The van der Waals surface area contributed by atoms with E-state index in [9.17, 15) is 13.5 Å². The summed E-state index contributed by atoms with van der Waals surface area (Å²) >= 11 is 0. The maximum Gasteiger partial charge on any atom is 0.150 e. The predicted molar refractivity (Wildman–Crippen MR) is 65.2 cm³/mol. The van der Waals surface area contributed by atoms with Crippen LogP contribution in [0.2, 0.25) is 0 Å². The van der Waals surface area contributed by atoms with Gasteiger partial charge in [-0.15, -0.1) is 0 Å². The molecule has 1 heterocycles. The second-order valence-corrected chi connectivity index (χ2v) is 7.14. The van der Waals surface area contributed by atoms with Crippen LogP contribution in [0.25, 0.3) is 0 Å². The van der Waals surface area contributed by atoms with Crippen molar-refractivity contribution < 1.29 is 13.5 Å². The van der Waals surface area contributed by atoms with Gasteiger partial charge in [0.05, 0.1) is 11.4 Å². The van der Waals surface area contributed by atoms with Crippen LogP contribution in [0.15, 0.2) is 0 Å². The first-order valence-electron chi connectivity index (χ1n) is 6.11. The summed E-state index contributed by atoms with van der Waals surface area (Å²) in [6, 6.07) is 0. The minimum Gasteiger partial charge on any atom is -0.390 e. The Labute approximate surface area is 98.4 Å². The van der Waals surface area contributed by atoms with Crippen molar-refractivity contribution >= 4 is 9.84 Å². The fourth-order valence-corrected chi connectivity index (χ4v) is 3.00. The van der Waals surface area contributed by atoms with Crippen molar-refractivity contribution in [2.75, 3.05) is 24.6 Å². The molecule has 1 fully saturated rings. The maximum absolute atomic E-state index is 11.3. The van der Waals surface area contributed by atoms with Crippen molar-refractivity contribution in [3.05, 3.63) is 0 Å². The lowest BCUT2D eigenvalue weighted by atomic mass is 9.90. The molecule has 0 aromatic heterocycles. The molecule has 1 atom stereocenters. The highest BCUT2D eigenvalue weighted by Gasteiger charge is 2.27. The van der Waals surface area contributed by atoms with Crippen LogP contribution in [0.1, 0.15) is 39.0 Å². The van der Waals surface area contributed by atoms with Crippen molar-refractivity contribution in [1.82, 2.24) is 5.32 Å². The van der Waals surface area contributed by atoms with Gasteiger partial charge in [0, 0.05) is 5.75 Å². The highest BCUT2D eigenvalue weighted by molar-refractivity contribution is 7.91. The monoisotopic (exact) mass is 249 g/mol. The van der Waals surface area contributed by atoms with Crippen LogP contribution in [0.3, 0.4) is 0 Å². The molecule has 16 heavy (non-hydrogen) atoms. The number of aliphatic hydroxyl groups is 1. The minimum atomic E-state index is -2.88. The van der Waals surface area contributed by atoms with Crippen molar-refractivity contribution in [2.45, 2.75) is 44.6 Å². The SMILES string of the molecule is CCS(=O)(=O)CCCC1(O)CCCNCC1. The molecular weight excluding hydrogens is 226 g/mol. The fourth-order valence-electron chi connectivity index (χ4n) is 2.13. The van der Waals surface area contributed by atoms with Crippen LogP contribution in [0.5, 0.6) is 0 Å². The fraction of sp³-hybridized carbons (Fsp3) is 1.00. The lowest BCUT2D eigenvalue weighted by molar-refractivity contribution is 0.0191. The second-order valence-electron chi connectivity index (χ2n) is 4.67. The average molecular weight is 249 g/mol. The highest BCUT2D eigenvalue weighted by Crippen LogP contribution is 2.25. The van der Waals surface area contributed by atoms with Gasteiger partial charge >= 0.3 is 0 Å². The van der Waals surface area contributed by atoms with Crippen LogP contribution in [-0.2, 0) is 9.84 Å².